The van der Waals surface area contributed by atoms with E-state index >= 15 is 0 Å². The Balaban J connectivity index is 0.000000261. The zero-order valence-corrected chi connectivity index (χ0v) is 46.1. The summed E-state index contributed by atoms with van der Waals surface area (Å²) in [5.41, 5.74) is 3.90. The summed E-state index contributed by atoms with van der Waals surface area (Å²) in [5.74, 6) is -5.12. The van der Waals surface area contributed by atoms with Gasteiger partial charge in [-0.2, -0.15) is 9.78 Å². The molecule has 376 valence electrons. The SMILES string of the molecule is C=CCOOC(=O)C(C)C1C(=O)N2C(C(=O)OCC=C)=C(COc3cc(CC)ccc3I)[C@H](C)C12.C=CCOOC(=O)C(C)C1C(=O)N2C(C(=O)OCC=C)=C(COc3cc(CI)ccc3I)[C@H](C)C12. The average molecular weight is 1300 g/mol. The number of amides is 2. The van der Waals surface area contributed by atoms with Gasteiger partial charge in [-0.15, -0.1) is 13.2 Å². The molecular formula is C51H57I3N2O14. The number of rotatable bonds is 24. The highest BCUT2D eigenvalue weighted by Gasteiger charge is 2.63. The summed E-state index contributed by atoms with van der Waals surface area (Å²) >= 11 is 6.68. The first-order chi connectivity index (χ1) is 33.5. The molecular weight excluding hydrogens is 1250 g/mol. The molecule has 0 radical (unpaired) electrons. The first kappa shape index (κ1) is 56.3. The number of halogens is 3. The number of β-lactam (4-membered cyclic amide) rings is 2. The van der Waals surface area contributed by atoms with Crippen molar-refractivity contribution in [2.24, 2.45) is 35.5 Å². The molecule has 0 N–H and O–H groups in total. The van der Waals surface area contributed by atoms with Gasteiger partial charge in [0, 0.05) is 27.4 Å². The Morgan fingerprint density at radius 3 is 1.40 bits per heavy atom. The van der Waals surface area contributed by atoms with Crippen LogP contribution in [0.2, 0.25) is 0 Å². The molecule has 0 saturated carbocycles. The predicted octanol–water partition coefficient (Wildman–Crippen LogP) is 8.35. The number of fused-ring (bicyclic) bond motifs is 2. The van der Waals surface area contributed by atoms with E-state index in [-0.39, 0.29) is 74.7 Å². The molecule has 6 rings (SSSR count). The van der Waals surface area contributed by atoms with Crippen LogP contribution in [0, 0.1) is 42.6 Å². The van der Waals surface area contributed by atoms with Crippen LogP contribution in [0.3, 0.4) is 0 Å². The molecule has 4 heterocycles. The minimum atomic E-state index is -0.761. The van der Waals surface area contributed by atoms with Crippen molar-refractivity contribution >= 4 is 103 Å². The predicted molar refractivity (Wildman–Crippen MR) is 282 cm³/mol. The van der Waals surface area contributed by atoms with E-state index < -0.39 is 59.6 Å². The van der Waals surface area contributed by atoms with Gasteiger partial charge in [0.05, 0.1) is 42.9 Å². The third-order valence-corrected chi connectivity index (χ3v) is 15.1. The van der Waals surface area contributed by atoms with Crippen LogP contribution in [0.4, 0.5) is 0 Å². The second-order valence-corrected chi connectivity index (χ2v) is 19.8. The first-order valence-corrected chi connectivity index (χ1v) is 26.2. The topological polar surface area (TPSA) is 183 Å². The van der Waals surface area contributed by atoms with Crippen LogP contribution in [0.1, 0.15) is 45.7 Å². The van der Waals surface area contributed by atoms with Crippen molar-refractivity contribution in [1.29, 1.82) is 0 Å². The third kappa shape index (κ3) is 12.4. The Labute approximate surface area is 449 Å². The van der Waals surface area contributed by atoms with Crippen molar-refractivity contribution in [2.45, 2.75) is 57.6 Å². The quantitative estimate of drug-likeness (QED) is 0.0143. The molecule has 4 aliphatic heterocycles. The first-order valence-electron chi connectivity index (χ1n) is 22.5. The number of carbonyl (C=O) groups is 6. The van der Waals surface area contributed by atoms with E-state index in [2.05, 4.69) is 101 Å². The van der Waals surface area contributed by atoms with Crippen molar-refractivity contribution in [3.8, 4) is 11.5 Å². The van der Waals surface area contributed by atoms with Crippen LogP contribution in [0.5, 0.6) is 11.5 Å². The molecule has 2 fully saturated rings. The van der Waals surface area contributed by atoms with Gasteiger partial charge in [0.25, 0.3) is 0 Å². The molecule has 70 heavy (non-hydrogen) atoms. The molecule has 2 aromatic carbocycles. The second-order valence-electron chi connectivity index (χ2n) is 16.7. The molecule has 0 aliphatic carbocycles. The highest BCUT2D eigenvalue weighted by Crippen LogP contribution is 2.50. The number of hydrogen-bond donors (Lipinski definition) is 0. The third-order valence-electron chi connectivity index (χ3n) is 12.4. The highest BCUT2D eigenvalue weighted by molar-refractivity contribution is 14.1. The number of carbonyl (C=O) groups excluding carboxylic acids is 6. The minimum absolute atomic E-state index is 0.0138. The van der Waals surface area contributed by atoms with Gasteiger partial charge in [0.15, 0.2) is 0 Å². The van der Waals surface area contributed by atoms with Gasteiger partial charge in [-0.05, 0) is 87.0 Å². The smallest absolute Gasteiger partial charge is 0.355 e. The van der Waals surface area contributed by atoms with Gasteiger partial charge in [-0.25, -0.2) is 19.2 Å². The summed E-state index contributed by atoms with van der Waals surface area (Å²) in [6.45, 7) is 23.6. The summed E-state index contributed by atoms with van der Waals surface area (Å²) in [6, 6.07) is 11.2. The normalized spacial score (nSPS) is 21.7. The Morgan fingerprint density at radius 2 is 1.03 bits per heavy atom. The van der Waals surface area contributed by atoms with Crippen LogP contribution in [-0.4, -0.2) is 97.2 Å². The number of nitrogens with zero attached hydrogens (tertiary/aromatic N) is 2. The molecule has 8 atom stereocenters. The van der Waals surface area contributed by atoms with Crippen LogP contribution in [0.15, 0.2) is 110 Å². The van der Waals surface area contributed by atoms with Gasteiger partial charge in [0.1, 0.15) is 62.5 Å². The maximum atomic E-state index is 13.2. The Hall–Kier alpha value is -4.59. The van der Waals surface area contributed by atoms with Crippen LogP contribution in [-0.2, 0) is 68.6 Å². The van der Waals surface area contributed by atoms with E-state index in [1.165, 1.54) is 34.1 Å². The lowest BCUT2D eigenvalue weighted by molar-refractivity contribution is -0.271. The fraction of sp³-hybridized carbons (Fsp3) is 0.412. The van der Waals surface area contributed by atoms with Gasteiger partial charge in [-0.1, -0.05) is 107 Å². The van der Waals surface area contributed by atoms with E-state index in [1.54, 1.807) is 13.8 Å². The van der Waals surface area contributed by atoms with Gasteiger partial charge >= 0.3 is 23.9 Å². The van der Waals surface area contributed by atoms with Crippen molar-refractivity contribution in [3.63, 3.8) is 0 Å². The standard InChI is InChI=1S/C26H30INO7.C25H27I2NO7/c1-6-11-32-26(31)23-18(14-33-20-13-17(8-3)9-10-19(20)27)15(4)22-21(24(29)28(22)23)16(5)25(30)35-34-12-7-2;1-5-9-32-25(31)22-17(13-33-19-11-16(12-26)7-8-18(19)27)14(3)21-20(23(29)28(21)22)15(4)24(30)35-34-10-6-2/h6-7,9-10,13,15-16,21-22H,1-2,8,11-12,14H2,3-5H3;5-8,11,14-15,20-21H,1-2,9-10,12-13H2,3-4H3/t15-,16?,21?,22?;14-,15?,20?,21?/m00/s1. The zero-order valence-electron chi connectivity index (χ0n) is 39.6. The molecule has 0 aromatic heterocycles. The van der Waals surface area contributed by atoms with E-state index in [1.807, 2.05) is 50.2 Å². The minimum Gasteiger partial charge on any atom is -0.488 e. The zero-order chi connectivity index (χ0) is 51.4. The Kier molecular flexibility index (Phi) is 21.1. The largest absolute Gasteiger partial charge is 0.488 e. The summed E-state index contributed by atoms with van der Waals surface area (Å²) < 4.78 is 25.6. The molecule has 2 aromatic rings. The molecule has 4 aliphatic rings. The number of esters is 2. The van der Waals surface area contributed by atoms with Crippen molar-refractivity contribution in [3.05, 3.63) is 128 Å². The number of alkyl halides is 1. The van der Waals surface area contributed by atoms with Crippen LogP contribution in [0.25, 0.3) is 0 Å². The van der Waals surface area contributed by atoms with Gasteiger partial charge < -0.3 is 28.7 Å². The molecule has 0 spiro atoms. The fourth-order valence-electron chi connectivity index (χ4n) is 8.74. The Morgan fingerprint density at radius 1 is 0.643 bits per heavy atom. The molecule has 0 bridgehead atoms. The second kappa shape index (κ2) is 26.2. The van der Waals surface area contributed by atoms with E-state index in [9.17, 15) is 28.8 Å². The molecule has 6 unspecified atom stereocenters. The molecule has 2 saturated heterocycles. The highest BCUT2D eigenvalue weighted by atomic mass is 127. The van der Waals surface area contributed by atoms with Crippen molar-refractivity contribution in [2.75, 3.05) is 39.6 Å². The monoisotopic (exact) mass is 1300 g/mol. The van der Waals surface area contributed by atoms with Crippen molar-refractivity contribution < 1.29 is 67.3 Å². The lowest BCUT2D eigenvalue weighted by atomic mass is 9.74. The van der Waals surface area contributed by atoms with Gasteiger partial charge in [0.2, 0.25) is 11.8 Å². The number of hydrogen-bond acceptors (Lipinski definition) is 14. The maximum absolute atomic E-state index is 13.2. The summed E-state index contributed by atoms with van der Waals surface area (Å²) in [5, 5.41) is 0. The van der Waals surface area contributed by atoms with E-state index in [0.29, 0.717) is 22.6 Å². The summed E-state index contributed by atoms with van der Waals surface area (Å²) in [7, 11) is 0. The molecule has 19 heteroatoms. The summed E-state index contributed by atoms with van der Waals surface area (Å²) in [6.07, 6.45) is 6.68. The number of aryl methyl sites for hydroxylation is 1. The lowest BCUT2D eigenvalue weighted by Gasteiger charge is -2.47. The fourth-order valence-corrected chi connectivity index (χ4v) is 10.2. The van der Waals surface area contributed by atoms with Crippen LogP contribution >= 0.6 is 67.8 Å². The Bertz CT molecular complexity index is 2270. The van der Waals surface area contributed by atoms with E-state index in [4.69, 9.17) is 38.5 Å². The van der Waals surface area contributed by atoms with Gasteiger partial charge in [-0.3, -0.25) is 19.4 Å². The maximum Gasteiger partial charge on any atom is 0.355 e. The molecule has 2 amide bonds. The average Bonchev–Trinajstić information content (AvgIpc) is 3.75. The number of ether oxygens (including phenoxy) is 4. The number of benzene rings is 2. The van der Waals surface area contributed by atoms with Crippen molar-refractivity contribution in [1.82, 2.24) is 9.80 Å². The summed E-state index contributed by atoms with van der Waals surface area (Å²) in [4.78, 5) is 99.2. The van der Waals surface area contributed by atoms with E-state index in [0.717, 1.165) is 29.1 Å². The lowest BCUT2D eigenvalue weighted by Crippen LogP contribution is -2.63. The van der Waals surface area contributed by atoms with Crippen LogP contribution < -0.4 is 9.47 Å². The molecule has 16 nitrogen and oxygen atoms in total.